The Morgan fingerprint density at radius 3 is 2.70 bits per heavy atom. The molecule has 0 unspecified atom stereocenters. The zero-order chi connectivity index (χ0) is 14.5. The SMILES string of the molecule is CCn1cccc(NCc2cccc(C(C)C)c2)c1=O. The quantitative estimate of drug-likeness (QED) is 0.900. The van der Waals surface area contributed by atoms with Gasteiger partial charge in [-0.3, -0.25) is 4.79 Å². The Hall–Kier alpha value is -2.03. The third kappa shape index (κ3) is 3.29. The second-order valence-corrected chi connectivity index (χ2v) is 5.27. The summed E-state index contributed by atoms with van der Waals surface area (Å²) in [5.74, 6) is 0.518. The van der Waals surface area contributed by atoms with Crippen molar-refractivity contribution in [2.45, 2.75) is 39.8 Å². The summed E-state index contributed by atoms with van der Waals surface area (Å²) in [6, 6.07) is 12.2. The lowest BCUT2D eigenvalue weighted by atomic mass is 10.0. The molecule has 0 spiro atoms. The lowest BCUT2D eigenvalue weighted by Gasteiger charge is -2.11. The summed E-state index contributed by atoms with van der Waals surface area (Å²) < 4.78 is 1.70. The van der Waals surface area contributed by atoms with E-state index in [-0.39, 0.29) is 5.56 Å². The highest BCUT2D eigenvalue weighted by molar-refractivity contribution is 5.41. The highest BCUT2D eigenvalue weighted by Gasteiger charge is 2.03. The van der Waals surface area contributed by atoms with Crippen LogP contribution in [0.1, 0.15) is 37.8 Å². The molecule has 3 heteroatoms. The number of nitrogens with zero attached hydrogens (tertiary/aromatic N) is 1. The van der Waals surface area contributed by atoms with Gasteiger partial charge < -0.3 is 9.88 Å². The molecule has 2 aromatic rings. The van der Waals surface area contributed by atoms with Crippen molar-refractivity contribution in [2.24, 2.45) is 0 Å². The van der Waals surface area contributed by atoms with Crippen LogP contribution in [0.5, 0.6) is 0 Å². The standard InChI is InChI=1S/C17H22N2O/c1-4-19-10-6-9-16(17(19)20)18-12-14-7-5-8-15(11-14)13(2)3/h5-11,13,18H,4,12H2,1-3H3. The number of aryl methyl sites for hydroxylation is 1. The average molecular weight is 270 g/mol. The number of benzene rings is 1. The fourth-order valence-electron chi connectivity index (χ4n) is 2.18. The Morgan fingerprint density at radius 1 is 1.20 bits per heavy atom. The molecule has 3 nitrogen and oxygen atoms in total. The number of hydrogen-bond donors (Lipinski definition) is 1. The Morgan fingerprint density at radius 2 is 2.00 bits per heavy atom. The number of pyridine rings is 1. The van der Waals surface area contributed by atoms with E-state index >= 15 is 0 Å². The first-order valence-electron chi connectivity index (χ1n) is 7.14. The zero-order valence-corrected chi connectivity index (χ0v) is 12.4. The van der Waals surface area contributed by atoms with E-state index in [9.17, 15) is 4.79 Å². The lowest BCUT2D eigenvalue weighted by Crippen LogP contribution is -2.21. The predicted molar refractivity (Wildman–Crippen MR) is 84.2 cm³/mol. The van der Waals surface area contributed by atoms with Crippen LogP contribution in [-0.2, 0) is 13.1 Å². The van der Waals surface area contributed by atoms with Crippen LogP contribution in [0, 0.1) is 0 Å². The molecule has 0 saturated heterocycles. The normalized spacial score (nSPS) is 10.8. The second kappa shape index (κ2) is 6.42. The van der Waals surface area contributed by atoms with Gasteiger partial charge in [-0.25, -0.2) is 0 Å². The molecular formula is C17H22N2O. The van der Waals surface area contributed by atoms with Gasteiger partial charge in [0.15, 0.2) is 0 Å². The van der Waals surface area contributed by atoms with Crippen molar-refractivity contribution >= 4 is 5.69 Å². The largest absolute Gasteiger partial charge is 0.377 e. The summed E-state index contributed by atoms with van der Waals surface area (Å²) in [6.45, 7) is 7.70. The third-order valence-electron chi connectivity index (χ3n) is 3.46. The summed E-state index contributed by atoms with van der Waals surface area (Å²) in [5.41, 5.74) is 3.21. The minimum Gasteiger partial charge on any atom is -0.377 e. The Bertz CT molecular complexity index is 629. The maximum absolute atomic E-state index is 12.1. The Balaban J connectivity index is 2.13. The number of aromatic nitrogens is 1. The van der Waals surface area contributed by atoms with Crippen molar-refractivity contribution in [3.05, 3.63) is 64.1 Å². The van der Waals surface area contributed by atoms with Crippen LogP contribution in [0.2, 0.25) is 0 Å². The van der Waals surface area contributed by atoms with Crippen molar-refractivity contribution in [2.75, 3.05) is 5.32 Å². The molecule has 0 fully saturated rings. The van der Waals surface area contributed by atoms with E-state index in [2.05, 4.69) is 43.4 Å². The van der Waals surface area contributed by atoms with Gasteiger partial charge >= 0.3 is 0 Å². The Labute approximate surface area is 120 Å². The monoisotopic (exact) mass is 270 g/mol. The highest BCUT2D eigenvalue weighted by Crippen LogP contribution is 2.16. The summed E-state index contributed by atoms with van der Waals surface area (Å²) in [7, 11) is 0. The van der Waals surface area contributed by atoms with E-state index in [1.54, 1.807) is 4.57 Å². The first kappa shape index (κ1) is 14.4. The van der Waals surface area contributed by atoms with Crippen LogP contribution < -0.4 is 10.9 Å². The summed E-state index contributed by atoms with van der Waals surface area (Å²) in [5, 5.41) is 3.24. The fourth-order valence-corrected chi connectivity index (χ4v) is 2.18. The van der Waals surface area contributed by atoms with Crippen molar-refractivity contribution < 1.29 is 0 Å². The van der Waals surface area contributed by atoms with E-state index in [1.807, 2.05) is 25.3 Å². The minimum absolute atomic E-state index is 0.0371. The molecule has 0 aliphatic carbocycles. The molecule has 1 heterocycles. The molecule has 1 aromatic carbocycles. The Kier molecular flexibility index (Phi) is 4.61. The van der Waals surface area contributed by atoms with Gasteiger partial charge in [0.05, 0.1) is 0 Å². The van der Waals surface area contributed by atoms with E-state index in [4.69, 9.17) is 0 Å². The first-order chi connectivity index (χ1) is 9.61. The number of anilines is 1. The molecule has 20 heavy (non-hydrogen) atoms. The van der Waals surface area contributed by atoms with Crippen molar-refractivity contribution in [3.63, 3.8) is 0 Å². The van der Waals surface area contributed by atoms with Gasteiger partial charge in [0.1, 0.15) is 5.69 Å². The molecule has 0 aliphatic heterocycles. The van der Waals surface area contributed by atoms with E-state index < -0.39 is 0 Å². The smallest absolute Gasteiger partial charge is 0.273 e. The molecule has 106 valence electrons. The van der Waals surface area contributed by atoms with Crippen LogP contribution in [-0.4, -0.2) is 4.57 Å². The van der Waals surface area contributed by atoms with Crippen LogP contribution in [0.25, 0.3) is 0 Å². The van der Waals surface area contributed by atoms with Gasteiger partial charge in [-0.1, -0.05) is 38.1 Å². The first-order valence-corrected chi connectivity index (χ1v) is 7.14. The van der Waals surface area contributed by atoms with Crippen LogP contribution >= 0.6 is 0 Å². The maximum atomic E-state index is 12.1. The molecular weight excluding hydrogens is 248 g/mol. The van der Waals surface area contributed by atoms with Gasteiger partial charge in [0.2, 0.25) is 0 Å². The molecule has 1 aromatic heterocycles. The van der Waals surface area contributed by atoms with Crippen LogP contribution in [0.15, 0.2) is 47.4 Å². The van der Waals surface area contributed by atoms with Gasteiger partial charge in [-0.2, -0.15) is 0 Å². The molecule has 0 saturated carbocycles. The molecule has 2 rings (SSSR count). The molecule has 1 N–H and O–H groups in total. The van der Waals surface area contributed by atoms with Crippen LogP contribution in [0.3, 0.4) is 0 Å². The number of rotatable bonds is 5. The molecule has 0 atom stereocenters. The molecule has 0 amide bonds. The molecule has 0 aliphatic rings. The zero-order valence-electron chi connectivity index (χ0n) is 12.4. The van der Waals surface area contributed by atoms with E-state index in [0.717, 1.165) is 0 Å². The number of nitrogens with one attached hydrogen (secondary N) is 1. The second-order valence-electron chi connectivity index (χ2n) is 5.27. The third-order valence-corrected chi connectivity index (χ3v) is 3.46. The van der Waals surface area contributed by atoms with Gasteiger partial charge in [-0.15, -0.1) is 0 Å². The van der Waals surface area contributed by atoms with Crippen LogP contribution in [0.4, 0.5) is 5.69 Å². The van der Waals surface area contributed by atoms with Crippen molar-refractivity contribution in [1.29, 1.82) is 0 Å². The minimum atomic E-state index is 0.0371. The average Bonchev–Trinajstić information content (AvgIpc) is 2.46. The van der Waals surface area contributed by atoms with Gasteiger partial charge in [-0.05, 0) is 36.1 Å². The fraction of sp³-hybridized carbons (Fsp3) is 0.353. The topological polar surface area (TPSA) is 34.0 Å². The summed E-state index contributed by atoms with van der Waals surface area (Å²) >= 11 is 0. The van der Waals surface area contributed by atoms with Crippen molar-refractivity contribution in [3.8, 4) is 0 Å². The summed E-state index contributed by atoms with van der Waals surface area (Å²) in [6.07, 6.45) is 1.81. The summed E-state index contributed by atoms with van der Waals surface area (Å²) in [4.78, 5) is 12.1. The lowest BCUT2D eigenvalue weighted by molar-refractivity contribution is 0.728. The van der Waals surface area contributed by atoms with E-state index in [1.165, 1.54) is 11.1 Å². The van der Waals surface area contributed by atoms with Gasteiger partial charge in [0.25, 0.3) is 5.56 Å². The van der Waals surface area contributed by atoms with Gasteiger partial charge in [0, 0.05) is 19.3 Å². The maximum Gasteiger partial charge on any atom is 0.273 e. The molecule has 0 bridgehead atoms. The highest BCUT2D eigenvalue weighted by atomic mass is 16.1. The predicted octanol–water partition coefficient (Wildman–Crippen LogP) is 3.60. The van der Waals surface area contributed by atoms with Crippen molar-refractivity contribution in [1.82, 2.24) is 4.57 Å². The van der Waals surface area contributed by atoms with E-state index in [0.29, 0.717) is 24.7 Å². The number of hydrogen-bond acceptors (Lipinski definition) is 2. The molecule has 0 radical (unpaired) electrons.